The third kappa shape index (κ3) is 7.16. The van der Waals surface area contributed by atoms with E-state index in [4.69, 9.17) is 10.5 Å². The molecule has 4 nitrogen and oxygen atoms in total. The largest absolute Gasteiger partial charge is 0.493 e. The maximum Gasteiger partial charge on any atom is 0.125 e. The molecular formula is C19H32FNO3. The number of rotatable bonds is 13. The third-order valence-electron chi connectivity index (χ3n) is 4.32. The summed E-state index contributed by atoms with van der Waals surface area (Å²) in [6.07, 6.45) is 6.80. The van der Waals surface area contributed by atoms with Gasteiger partial charge in [0.05, 0.1) is 25.4 Å². The zero-order valence-corrected chi connectivity index (χ0v) is 14.8. The molecule has 0 saturated carbocycles. The van der Waals surface area contributed by atoms with Gasteiger partial charge in [-0.1, -0.05) is 38.7 Å². The van der Waals surface area contributed by atoms with Crippen LogP contribution >= 0.6 is 0 Å². The van der Waals surface area contributed by atoms with Gasteiger partial charge in [0.25, 0.3) is 0 Å². The molecule has 138 valence electrons. The topological polar surface area (TPSA) is 75.7 Å². The van der Waals surface area contributed by atoms with E-state index >= 15 is 0 Å². The summed E-state index contributed by atoms with van der Waals surface area (Å²) in [6.45, 7) is 1.66. The lowest BCUT2D eigenvalue weighted by molar-refractivity contribution is 0.115. The highest BCUT2D eigenvalue weighted by Crippen LogP contribution is 2.23. The summed E-state index contributed by atoms with van der Waals surface area (Å²) in [7, 11) is 0. The lowest BCUT2D eigenvalue weighted by Crippen LogP contribution is -2.47. The number of halogens is 1. The molecule has 0 bridgehead atoms. The summed E-state index contributed by atoms with van der Waals surface area (Å²) < 4.78 is 19.0. The van der Waals surface area contributed by atoms with Gasteiger partial charge in [-0.3, -0.25) is 0 Å². The predicted octanol–water partition coefficient (Wildman–Crippen LogP) is 3.12. The lowest BCUT2D eigenvalue weighted by atomic mass is 9.93. The predicted molar refractivity (Wildman–Crippen MR) is 94.9 cm³/mol. The van der Waals surface area contributed by atoms with Crippen LogP contribution in [0.3, 0.4) is 0 Å². The Morgan fingerprint density at radius 3 is 2.46 bits per heavy atom. The molecule has 0 radical (unpaired) electrons. The standard InChI is InChI=1S/C19H32FNO3/c1-2-3-4-5-6-11-24-18-8-7-16(12-17(18)13-20)9-10-19(21,14-22)15-23/h7-8,12,22-23H,2-6,9-11,13-15,21H2,1H3. The zero-order valence-electron chi connectivity index (χ0n) is 14.8. The molecule has 0 unspecified atom stereocenters. The molecule has 24 heavy (non-hydrogen) atoms. The summed E-state index contributed by atoms with van der Waals surface area (Å²) in [6, 6.07) is 5.47. The van der Waals surface area contributed by atoms with Crippen LogP contribution in [0, 0.1) is 0 Å². The SMILES string of the molecule is CCCCCCCOc1ccc(CCC(N)(CO)CO)cc1CF. The lowest BCUT2D eigenvalue weighted by Gasteiger charge is -2.24. The number of nitrogens with two attached hydrogens (primary N) is 1. The van der Waals surface area contributed by atoms with E-state index in [0.29, 0.717) is 30.8 Å². The quantitative estimate of drug-likeness (QED) is 0.482. The van der Waals surface area contributed by atoms with Gasteiger partial charge in [-0.05, 0) is 37.0 Å². The van der Waals surface area contributed by atoms with Crippen LogP contribution in [0.4, 0.5) is 4.39 Å². The summed E-state index contributed by atoms with van der Waals surface area (Å²) in [5.41, 5.74) is 6.33. The van der Waals surface area contributed by atoms with E-state index in [2.05, 4.69) is 6.92 Å². The van der Waals surface area contributed by atoms with Gasteiger partial charge in [0.15, 0.2) is 0 Å². The number of ether oxygens (including phenoxy) is 1. The van der Waals surface area contributed by atoms with Crippen LogP contribution in [-0.2, 0) is 13.1 Å². The molecule has 0 amide bonds. The van der Waals surface area contributed by atoms with Crippen LogP contribution in [-0.4, -0.2) is 35.6 Å². The fourth-order valence-electron chi connectivity index (χ4n) is 2.52. The Hall–Kier alpha value is -1.17. The third-order valence-corrected chi connectivity index (χ3v) is 4.32. The van der Waals surface area contributed by atoms with Crippen molar-refractivity contribution in [2.24, 2.45) is 5.73 Å². The minimum Gasteiger partial charge on any atom is -0.493 e. The summed E-state index contributed by atoms with van der Waals surface area (Å²) in [4.78, 5) is 0. The fourth-order valence-corrected chi connectivity index (χ4v) is 2.52. The molecular weight excluding hydrogens is 309 g/mol. The van der Waals surface area contributed by atoms with Crippen LogP contribution in [0.1, 0.15) is 56.6 Å². The molecule has 0 aliphatic heterocycles. The Morgan fingerprint density at radius 2 is 1.83 bits per heavy atom. The smallest absolute Gasteiger partial charge is 0.125 e. The van der Waals surface area contributed by atoms with Gasteiger partial charge < -0.3 is 20.7 Å². The van der Waals surface area contributed by atoms with Crippen LogP contribution in [0.25, 0.3) is 0 Å². The van der Waals surface area contributed by atoms with Gasteiger partial charge in [0.1, 0.15) is 12.4 Å². The van der Waals surface area contributed by atoms with Crippen LogP contribution in [0.2, 0.25) is 0 Å². The van der Waals surface area contributed by atoms with Gasteiger partial charge in [0.2, 0.25) is 0 Å². The number of aliphatic hydroxyl groups is 2. The number of hydrogen-bond donors (Lipinski definition) is 3. The maximum atomic E-state index is 13.3. The van der Waals surface area contributed by atoms with Gasteiger partial charge in [-0.2, -0.15) is 0 Å². The number of aryl methyl sites for hydroxylation is 1. The fraction of sp³-hybridized carbons (Fsp3) is 0.684. The molecule has 0 aliphatic rings. The highest BCUT2D eigenvalue weighted by Gasteiger charge is 2.22. The van der Waals surface area contributed by atoms with Crippen molar-refractivity contribution in [1.29, 1.82) is 0 Å². The monoisotopic (exact) mass is 341 g/mol. The Balaban J connectivity index is 2.52. The first-order valence-electron chi connectivity index (χ1n) is 8.89. The van der Waals surface area contributed by atoms with Crippen molar-refractivity contribution in [1.82, 2.24) is 0 Å². The van der Waals surface area contributed by atoms with Crippen molar-refractivity contribution >= 4 is 0 Å². The number of hydrogen-bond acceptors (Lipinski definition) is 4. The average molecular weight is 341 g/mol. The molecule has 0 aliphatic carbocycles. The second kappa shape index (κ2) is 11.4. The molecule has 1 aromatic rings. The number of benzene rings is 1. The molecule has 0 atom stereocenters. The van der Waals surface area contributed by atoms with Crippen LogP contribution in [0.5, 0.6) is 5.75 Å². The van der Waals surface area contributed by atoms with Gasteiger partial charge in [-0.25, -0.2) is 4.39 Å². The Morgan fingerprint density at radius 1 is 1.12 bits per heavy atom. The minimum absolute atomic E-state index is 0.279. The van der Waals surface area contributed by atoms with Crippen molar-refractivity contribution in [2.45, 2.75) is 64.1 Å². The molecule has 1 rings (SSSR count). The van der Waals surface area contributed by atoms with E-state index in [1.807, 2.05) is 6.07 Å². The van der Waals surface area contributed by atoms with Gasteiger partial charge in [0, 0.05) is 5.56 Å². The van der Waals surface area contributed by atoms with Crippen molar-refractivity contribution in [2.75, 3.05) is 19.8 Å². The van der Waals surface area contributed by atoms with Crippen molar-refractivity contribution in [3.05, 3.63) is 29.3 Å². The zero-order chi connectivity index (χ0) is 17.8. The maximum absolute atomic E-state index is 13.3. The molecule has 0 aromatic heterocycles. The van der Waals surface area contributed by atoms with E-state index < -0.39 is 12.2 Å². The molecule has 0 saturated heterocycles. The first kappa shape index (κ1) is 20.9. The Kier molecular flexibility index (Phi) is 9.91. The van der Waals surface area contributed by atoms with Crippen LogP contribution < -0.4 is 10.5 Å². The molecule has 0 spiro atoms. The first-order chi connectivity index (χ1) is 11.6. The second-order valence-corrected chi connectivity index (χ2v) is 6.52. The molecule has 5 heteroatoms. The Labute approximate surface area is 144 Å². The molecule has 0 heterocycles. The number of alkyl halides is 1. The molecule has 4 N–H and O–H groups in total. The Bertz CT molecular complexity index is 464. The minimum atomic E-state index is -0.996. The van der Waals surface area contributed by atoms with Crippen molar-refractivity contribution in [3.8, 4) is 5.75 Å². The first-order valence-corrected chi connectivity index (χ1v) is 8.89. The summed E-state index contributed by atoms with van der Waals surface area (Å²) >= 11 is 0. The van der Waals surface area contributed by atoms with Crippen molar-refractivity contribution in [3.63, 3.8) is 0 Å². The van der Waals surface area contributed by atoms with Gasteiger partial charge >= 0.3 is 0 Å². The molecule has 0 fully saturated rings. The van der Waals surface area contributed by atoms with Crippen molar-refractivity contribution < 1.29 is 19.3 Å². The van der Waals surface area contributed by atoms with Crippen LogP contribution in [0.15, 0.2) is 18.2 Å². The molecule has 1 aromatic carbocycles. The highest BCUT2D eigenvalue weighted by atomic mass is 19.1. The normalized spacial score (nSPS) is 11.7. The number of unbranched alkanes of at least 4 members (excludes halogenated alkanes) is 4. The van der Waals surface area contributed by atoms with E-state index in [-0.39, 0.29) is 13.2 Å². The summed E-state index contributed by atoms with van der Waals surface area (Å²) in [5.74, 6) is 0.597. The van der Waals surface area contributed by atoms with Gasteiger partial charge in [-0.15, -0.1) is 0 Å². The van der Waals surface area contributed by atoms with E-state index in [1.165, 1.54) is 19.3 Å². The number of aliphatic hydroxyl groups excluding tert-OH is 2. The van der Waals surface area contributed by atoms with E-state index in [0.717, 1.165) is 18.4 Å². The second-order valence-electron chi connectivity index (χ2n) is 6.52. The van der Waals surface area contributed by atoms with E-state index in [9.17, 15) is 14.6 Å². The van der Waals surface area contributed by atoms with E-state index in [1.54, 1.807) is 12.1 Å². The highest BCUT2D eigenvalue weighted by molar-refractivity contribution is 5.37. The summed E-state index contributed by atoms with van der Waals surface area (Å²) in [5, 5.41) is 18.4. The average Bonchev–Trinajstić information content (AvgIpc) is 2.63.